The van der Waals surface area contributed by atoms with Crippen molar-refractivity contribution in [2.75, 3.05) is 6.67 Å². The number of nitrogens with zero attached hydrogens (tertiary/aromatic N) is 5. The lowest BCUT2D eigenvalue weighted by Crippen LogP contribution is -2.37. The minimum Gasteiger partial charge on any atom is -0.349 e. The summed E-state index contributed by atoms with van der Waals surface area (Å²) < 4.78 is 46.5. The molecule has 13 heteroatoms. The molecule has 0 aliphatic heterocycles. The fourth-order valence-corrected chi connectivity index (χ4v) is 5.08. The Kier molecular flexibility index (Phi) is 7.35. The predicted octanol–water partition coefficient (Wildman–Crippen LogP) is 4.03. The number of aromatic nitrogens is 5. The van der Waals surface area contributed by atoms with Crippen molar-refractivity contribution in [3.05, 3.63) is 41.1 Å². The first-order valence-electron chi connectivity index (χ1n) is 12.9. The smallest absolute Gasteiger partial charge is 0.276 e. The molecule has 3 aromatic heterocycles. The molecular weight excluding hydrogens is 503 g/mol. The maximum Gasteiger partial charge on any atom is 0.276 e. The van der Waals surface area contributed by atoms with Gasteiger partial charge in [0.15, 0.2) is 11.3 Å². The van der Waals surface area contributed by atoms with Gasteiger partial charge in [-0.3, -0.25) is 14.0 Å². The lowest BCUT2D eigenvalue weighted by atomic mass is 9.81. The number of aryl methyl sites for hydroxylation is 1. The second kappa shape index (κ2) is 10.7. The van der Waals surface area contributed by atoms with Gasteiger partial charge >= 0.3 is 0 Å². The molecule has 2 N–H and O–H groups in total. The van der Waals surface area contributed by atoms with Gasteiger partial charge in [0.25, 0.3) is 5.91 Å². The Balaban J connectivity index is 1.41. The molecule has 2 saturated carbocycles. The van der Waals surface area contributed by atoms with Gasteiger partial charge in [-0.25, -0.2) is 22.9 Å². The number of halogens is 3. The molecule has 204 valence electrons. The Morgan fingerprint density at radius 3 is 2.53 bits per heavy atom. The molecule has 0 radical (unpaired) electrons. The van der Waals surface area contributed by atoms with Crippen LogP contribution in [-0.2, 0) is 4.79 Å². The number of fused-ring (bicyclic) bond motifs is 1. The van der Waals surface area contributed by atoms with Crippen LogP contribution in [0.2, 0.25) is 0 Å². The van der Waals surface area contributed by atoms with Crippen LogP contribution < -0.4 is 10.6 Å². The molecule has 0 aromatic carbocycles. The van der Waals surface area contributed by atoms with Crippen LogP contribution in [0.4, 0.5) is 13.2 Å². The second-order valence-corrected chi connectivity index (χ2v) is 10.3. The molecule has 2 aliphatic carbocycles. The van der Waals surface area contributed by atoms with Gasteiger partial charge in [0, 0.05) is 19.3 Å². The molecule has 2 fully saturated rings. The summed E-state index contributed by atoms with van der Waals surface area (Å²) in [5.74, 6) is -3.45. The molecule has 38 heavy (non-hydrogen) atoms. The van der Waals surface area contributed by atoms with Crippen molar-refractivity contribution in [1.29, 1.82) is 0 Å². The summed E-state index contributed by atoms with van der Waals surface area (Å²) in [7, 11) is 0. The molecule has 0 unspecified atom stereocenters. The first-order chi connectivity index (χ1) is 18.2. The average molecular weight is 534 g/mol. The van der Waals surface area contributed by atoms with Crippen molar-refractivity contribution in [1.82, 2.24) is 35.5 Å². The summed E-state index contributed by atoms with van der Waals surface area (Å²) in [6.07, 6.45) is 5.47. The molecular formula is C25H30F3N7O3. The van der Waals surface area contributed by atoms with E-state index >= 15 is 0 Å². The predicted molar refractivity (Wildman–Crippen MR) is 128 cm³/mol. The van der Waals surface area contributed by atoms with Crippen LogP contribution in [0, 0.1) is 18.8 Å². The van der Waals surface area contributed by atoms with Crippen molar-refractivity contribution in [3.8, 4) is 0 Å². The highest BCUT2D eigenvalue weighted by Gasteiger charge is 2.40. The van der Waals surface area contributed by atoms with Gasteiger partial charge < -0.3 is 10.6 Å². The zero-order valence-electron chi connectivity index (χ0n) is 21.0. The molecule has 0 spiro atoms. The monoisotopic (exact) mass is 533 g/mol. The van der Waals surface area contributed by atoms with E-state index in [0.717, 1.165) is 18.4 Å². The van der Waals surface area contributed by atoms with E-state index in [1.165, 1.54) is 0 Å². The van der Waals surface area contributed by atoms with Crippen LogP contribution in [0.25, 0.3) is 5.65 Å². The van der Waals surface area contributed by atoms with Crippen LogP contribution >= 0.6 is 0 Å². The van der Waals surface area contributed by atoms with Crippen LogP contribution in [-0.4, -0.2) is 49.3 Å². The Bertz CT molecular complexity index is 1300. The zero-order valence-corrected chi connectivity index (χ0v) is 21.0. The van der Waals surface area contributed by atoms with Gasteiger partial charge in [-0.05, 0) is 67.7 Å². The second-order valence-electron chi connectivity index (χ2n) is 10.3. The van der Waals surface area contributed by atoms with Gasteiger partial charge in [0.1, 0.15) is 5.69 Å². The third-order valence-electron chi connectivity index (χ3n) is 7.37. The molecule has 2 amide bonds. The molecule has 2 aliphatic rings. The summed E-state index contributed by atoms with van der Waals surface area (Å²) >= 11 is 0. The molecule has 0 saturated heterocycles. The topological polar surface area (TPSA) is 127 Å². The normalized spacial score (nSPS) is 19.3. The number of alkyl halides is 3. The quantitative estimate of drug-likeness (QED) is 0.403. The van der Waals surface area contributed by atoms with E-state index in [4.69, 9.17) is 4.98 Å². The molecule has 3 aromatic rings. The van der Waals surface area contributed by atoms with Crippen LogP contribution in [0.5, 0.6) is 0 Å². The van der Waals surface area contributed by atoms with E-state index in [0.29, 0.717) is 17.0 Å². The Morgan fingerprint density at radius 2 is 1.87 bits per heavy atom. The molecule has 0 bridgehead atoms. The Hall–Kier alpha value is -3.51. The molecule has 5 rings (SSSR count). The Morgan fingerprint density at radius 1 is 1.13 bits per heavy atom. The highest BCUT2D eigenvalue weighted by molar-refractivity contribution is 5.93. The van der Waals surface area contributed by atoms with Gasteiger partial charge in [0.05, 0.1) is 36.8 Å². The molecule has 3 heterocycles. The number of amides is 2. The lowest BCUT2D eigenvalue weighted by molar-refractivity contribution is -0.122. The van der Waals surface area contributed by atoms with Crippen molar-refractivity contribution in [2.45, 2.75) is 76.3 Å². The van der Waals surface area contributed by atoms with Crippen LogP contribution in [0.3, 0.4) is 0 Å². The fraction of sp³-hybridized carbons (Fsp3) is 0.600. The van der Waals surface area contributed by atoms with Crippen molar-refractivity contribution >= 4 is 17.5 Å². The molecule has 2 atom stereocenters. The number of rotatable bonds is 10. The minimum absolute atomic E-state index is 0.0242. The number of carbonyl (C=O) groups excluding carboxylic acids is 2. The summed E-state index contributed by atoms with van der Waals surface area (Å²) in [5.41, 5.74) is 2.12. The largest absolute Gasteiger partial charge is 0.349 e. The van der Waals surface area contributed by atoms with Crippen LogP contribution in [0.1, 0.15) is 90.9 Å². The summed E-state index contributed by atoms with van der Waals surface area (Å²) in [6.45, 7) is 1.04. The van der Waals surface area contributed by atoms with E-state index in [1.54, 1.807) is 23.8 Å². The van der Waals surface area contributed by atoms with Crippen molar-refractivity contribution in [2.24, 2.45) is 11.8 Å². The van der Waals surface area contributed by atoms with Gasteiger partial charge in [-0.2, -0.15) is 5.10 Å². The highest BCUT2D eigenvalue weighted by atomic mass is 19.3. The first-order valence-corrected chi connectivity index (χ1v) is 12.9. The maximum atomic E-state index is 13.9. The van der Waals surface area contributed by atoms with Crippen LogP contribution in [0.15, 0.2) is 23.1 Å². The SMILES string of the molecule is Cc1nonc1C(=O)N[C@H](c1cn2ncc([C@H](NC(=O)CCCF)C3CC3)cc2n1)C1CCC(F)(F)CC1. The number of nitrogens with one attached hydrogen (secondary N) is 2. The summed E-state index contributed by atoms with van der Waals surface area (Å²) in [5, 5.41) is 17.7. The number of hydrogen-bond acceptors (Lipinski definition) is 7. The van der Waals surface area contributed by atoms with E-state index in [-0.39, 0.29) is 68.0 Å². The van der Waals surface area contributed by atoms with E-state index in [1.807, 2.05) is 6.07 Å². The summed E-state index contributed by atoms with van der Waals surface area (Å²) in [4.78, 5) is 30.0. The van der Waals surface area contributed by atoms with E-state index in [2.05, 4.69) is 30.7 Å². The van der Waals surface area contributed by atoms with Crippen molar-refractivity contribution in [3.63, 3.8) is 0 Å². The molecule has 10 nitrogen and oxygen atoms in total. The van der Waals surface area contributed by atoms with Gasteiger partial charge in [0.2, 0.25) is 11.8 Å². The lowest BCUT2D eigenvalue weighted by Gasteiger charge is -2.33. The maximum absolute atomic E-state index is 13.9. The fourth-order valence-electron chi connectivity index (χ4n) is 5.08. The first kappa shape index (κ1) is 26.1. The highest BCUT2D eigenvalue weighted by Crippen LogP contribution is 2.42. The zero-order chi connectivity index (χ0) is 26.9. The van der Waals surface area contributed by atoms with Gasteiger partial charge in [-0.1, -0.05) is 5.16 Å². The van der Waals surface area contributed by atoms with E-state index < -0.39 is 24.5 Å². The summed E-state index contributed by atoms with van der Waals surface area (Å²) in [6, 6.07) is 0.923. The third kappa shape index (κ3) is 5.81. The van der Waals surface area contributed by atoms with E-state index in [9.17, 15) is 22.8 Å². The van der Waals surface area contributed by atoms with Crippen molar-refractivity contribution < 1.29 is 27.4 Å². The minimum atomic E-state index is -2.72. The third-order valence-corrected chi connectivity index (χ3v) is 7.37. The average Bonchev–Trinajstić information content (AvgIpc) is 3.50. The number of hydrogen-bond donors (Lipinski definition) is 2. The van der Waals surface area contributed by atoms with Gasteiger partial charge in [-0.15, -0.1) is 0 Å². The standard InChI is InChI=1S/C25H30F3N7O3/c1-14-21(34-38-33-14)24(37)32-23(16-6-8-25(27,28)9-7-16)18-13-35-19(30-18)11-17(12-29-35)22(15-4-5-15)31-20(36)3-2-10-26/h11-13,15-16,22-23H,2-10H2,1H3,(H,31,36)(H,32,37)/t22-,23+/m1/s1. The number of imidazole rings is 1. The number of carbonyl (C=O) groups is 2. The Labute approximate surface area is 216 Å².